The Balaban J connectivity index is 2.30. The first-order chi connectivity index (χ1) is 7.76. The van der Waals surface area contributed by atoms with E-state index in [4.69, 9.17) is 0 Å². The third-order valence-electron chi connectivity index (χ3n) is 2.82. The molecule has 1 aromatic rings. The van der Waals surface area contributed by atoms with Gasteiger partial charge in [0.2, 0.25) is 5.91 Å². The van der Waals surface area contributed by atoms with Crippen LogP contribution in [0.5, 0.6) is 0 Å². The number of amides is 1. The highest BCUT2D eigenvalue weighted by molar-refractivity contribution is 6.02. The van der Waals surface area contributed by atoms with Gasteiger partial charge in [-0.25, -0.2) is 0 Å². The Bertz CT molecular complexity index is 426. The van der Waals surface area contributed by atoms with E-state index in [0.717, 1.165) is 17.7 Å². The Kier molecular flexibility index (Phi) is 3.06. The van der Waals surface area contributed by atoms with Crippen LogP contribution in [0, 0.1) is 0 Å². The largest absolute Gasteiger partial charge is 0.324 e. The highest BCUT2D eigenvalue weighted by Crippen LogP contribution is 2.31. The molecule has 1 aliphatic heterocycles. The van der Waals surface area contributed by atoms with E-state index in [0.29, 0.717) is 6.54 Å². The third kappa shape index (κ3) is 1.86. The van der Waals surface area contributed by atoms with Crippen LogP contribution in [0.15, 0.2) is 30.9 Å². The third-order valence-corrected chi connectivity index (χ3v) is 2.82. The van der Waals surface area contributed by atoms with Crippen molar-refractivity contribution in [2.45, 2.75) is 19.4 Å². The van der Waals surface area contributed by atoms with Crippen LogP contribution >= 0.6 is 0 Å². The van der Waals surface area contributed by atoms with Gasteiger partial charge in [-0.2, -0.15) is 0 Å². The van der Waals surface area contributed by atoms with Gasteiger partial charge in [-0.3, -0.25) is 10.1 Å². The molecule has 1 aromatic carbocycles. The number of carbonyl (C=O) groups is 1. The van der Waals surface area contributed by atoms with E-state index in [1.807, 2.05) is 6.07 Å². The minimum absolute atomic E-state index is 0.0186. The molecule has 0 aliphatic carbocycles. The predicted molar refractivity (Wildman–Crippen MR) is 65.4 cm³/mol. The number of anilines is 1. The number of nitrogens with one attached hydrogen (secondary N) is 2. The maximum absolute atomic E-state index is 11.7. The van der Waals surface area contributed by atoms with E-state index in [1.165, 1.54) is 5.56 Å². The Morgan fingerprint density at radius 3 is 3.06 bits per heavy atom. The SMILES string of the molecule is C=CCNC1C(=O)Nc2ccc(CC)cc21. The molecule has 1 atom stereocenters. The Hall–Kier alpha value is -1.61. The highest BCUT2D eigenvalue weighted by atomic mass is 16.2. The zero-order chi connectivity index (χ0) is 11.5. The van der Waals surface area contributed by atoms with Crippen molar-refractivity contribution in [2.24, 2.45) is 0 Å². The van der Waals surface area contributed by atoms with Crippen molar-refractivity contribution in [2.75, 3.05) is 11.9 Å². The molecule has 0 spiro atoms. The number of benzene rings is 1. The van der Waals surface area contributed by atoms with Crippen molar-refractivity contribution in [3.05, 3.63) is 42.0 Å². The van der Waals surface area contributed by atoms with E-state index in [9.17, 15) is 4.79 Å². The molecule has 16 heavy (non-hydrogen) atoms. The number of fused-ring (bicyclic) bond motifs is 1. The number of hydrogen-bond acceptors (Lipinski definition) is 2. The first kappa shape index (κ1) is 10.9. The fraction of sp³-hybridized carbons (Fsp3) is 0.308. The minimum Gasteiger partial charge on any atom is -0.324 e. The number of rotatable bonds is 4. The molecule has 0 saturated heterocycles. The second-order valence-electron chi connectivity index (χ2n) is 3.89. The molecule has 2 rings (SSSR count). The summed E-state index contributed by atoms with van der Waals surface area (Å²) >= 11 is 0. The summed E-state index contributed by atoms with van der Waals surface area (Å²) in [5.41, 5.74) is 3.22. The minimum atomic E-state index is -0.237. The van der Waals surface area contributed by atoms with Crippen molar-refractivity contribution in [1.29, 1.82) is 0 Å². The van der Waals surface area contributed by atoms with E-state index in [2.05, 4.69) is 36.3 Å². The van der Waals surface area contributed by atoms with Crippen molar-refractivity contribution < 1.29 is 4.79 Å². The second-order valence-corrected chi connectivity index (χ2v) is 3.89. The number of hydrogen-bond donors (Lipinski definition) is 2. The lowest BCUT2D eigenvalue weighted by Crippen LogP contribution is -2.27. The predicted octanol–water partition coefficient (Wildman–Crippen LogP) is 2.02. The fourth-order valence-corrected chi connectivity index (χ4v) is 1.93. The van der Waals surface area contributed by atoms with Gasteiger partial charge in [-0.15, -0.1) is 6.58 Å². The van der Waals surface area contributed by atoms with Gasteiger partial charge in [0, 0.05) is 17.8 Å². The van der Waals surface area contributed by atoms with Crippen LogP contribution in [0.4, 0.5) is 5.69 Å². The molecular formula is C13H16N2O. The molecular weight excluding hydrogens is 200 g/mol. The molecule has 3 heteroatoms. The van der Waals surface area contributed by atoms with Crippen LogP contribution in [0.2, 0.25) is 0 Å². The highest BCUT2D eigenvalue weighted by Gasteiger charge is 2.29. The lowest BCUT2D eigenvalue weighted by Gasteiger charge is -2.10. The fourth-order valence-electron chi connectivity index (χ4n) is 1.93. The molecule has 84 valence electrons. The number of aryl methyl sites for hydroxylation is 1. The summed E-state index contributed by atoms with van der Waals surface area (Å²) in [7, 11) is 0. The normalized spacial score (nSPS) is 18.1. The van der Waals surface area contributed by atoms with Gasteiger partial charge in [0.1, 0.15) is 6.04 Å². The van der Waals surface area contributed by atoms with Crippen molar-refractivity contribution in [3.63, 3.8) is 0 Å². The van der Waals surface area contributed by atoms with Gasteiger partial charge < -0.3 is 5.32 Å². The van der Waals surface area contributed by atoms with E-state index >= 15 is 0 Å². The summed E-state index contributed by atoms with van der Waals surface area (Å²) in [6.45, 7) is 6.38. The van der Waals surface area contributed by atoms with Crippen LogP contribution in [0.1, 0.15) is 24.1 Å². The van der Waals surface area contributed by atoms with Gasteiger partial charge in [0.25, 0.3) is 0 Å². The Labute approximate surface area is 95.6 Å². The van der Waals surface area contributed by atoms with Crippen molar-refractivity contribution in [1.82, 2.24) is 5.32 Å². The zero-order valence-electron chi connectivity index (χ0n) is 9.42. The molecule has 0 fully saturated rings. The molecule has 0 radical (unpaired) electrons. The van der Waals surface area contributed by atoms with Crippen LogP contribution in [0.25, 0.3) is 0 Å². The topological polar surface area (TPSA) is 41.1 Å². The van der Waals surface area contributed by atoms with Crippen molar-refractivity contribution >= 4 is 11.6 Å². The molecule has 2 N–H and O–H groups in total. The monoisotopic (exact) mass is 216 g/mol. The number of carbonyl (C=O) groups excluding carboxylic acids is 1. The standard InChI is InChI=1S/C13H16N2O/c1-3-7-14-12-10-8-9(4-2)5-6-11(10)15-13(12)16/h3,5-6,8,12,14H,1,4,7H2,2H3,(H,15,16). The van der Waals surface area contributed by atoms with E-state index in [-0.39, 0.29) is 11.9 Å². The van der Waals surface area contributed by atoms with Crippen LogP contribution in [-0.4, -0.2) is 12.5 Å². The molecule has 0 saturated carbocycles. The summed E-state index contributed by atoms with van der Waals surface area (Å²) in [6, 6.07) is 5.88. The molecule has 1 aliphatic rings. The van der Waals surface area contributed by atoms with Gasteiger partial charge >= 0.3 is 0 Å². The average molecular weight is 216 g/mol. The lowest BCUT2D eigenvalue weighted by molar-refractivity contribution is -0.117. The van der Waals surface area contributed by atoms with Crippen LogP contribution < -0.4 is 10.6 Å². The van der Waals surface area contributed by atoms with Crippen molar-refractivity contribution in [3.8, 4) is 0 Å². The molecule has 1 amide bonds. The first-order valence-corrected chi connectivity index (χ1v) is 5.54. The van der Waals surface area contributed by atoms with Gasteiger partial charge in [-0.1, -0.05) is 25.1 Å². The molecule has 0 bridgehead atoms. The first-order valence-electron chi connectivity index (χ1n) is 5.54. The molecule has 1 unspecified atom stereocenters. The summed E-state index contributed by atoms with van der Waals surface area (Å²) in [4.78, 5) is 11.7. The van der Waals surface area contributed by atoms with E-state index < -0.39 is 0 Å². The smallest absolute Gasteiger partial charge is 0.246 e. The van der Waals surface area contributed by atoms with E-state index in [1.54, 1.807) is 6.08 Å². The average Bonchev–Trinajstić information content (AvgIpc) is 2.61. The summed E-state index contributed by atoms with van der Waals surface area (Å²) in [6.07, 6.45) is 2.74. The Morgan fingerprint density at radius 1 is 1.56 bits per heavy atom. The van der Waals surface area contributed by atoms with Gasteiger partial charge in [0.15, 0.2) is 0 Å². The van der Waals surface area contributed by atoms with Gasteiger partial charge in [0.05, 0.1) is 0 Å². The maximum atomic E-state index is 11.7. The second kappa shape index (κ2) is 4.49. The summed E-state index contributed by atoms with van der Waals surface area (Å²) in [5.74, 6) is 0.0186. The molecule has 3 nitrogen and oxygen atoms in total. The van der Waals surface area contributed by atoms with Crippen LogP contribution in [-0.2, 0) is 11.2 Å². The summed E-state index contributed by atoms with van der Waals surface area (Å²) in [5, 5.41) is 6.03. The molecule has 0 aromatic heterocycles. The maximum Gasteiger partial charge on any atom is 0.246 e. The zero-order valence-corrected chi connectivity index (χ0v) is 9.42. The quantitative estimate of drug-likeness (QED) is 0.756. The van der Waals surface area contributed by atoms with Crippen LogP contribution in [0.3, 0.4) is 0 Å². The summed E-state index contributed by atoms with van der Waals surface area (Å²) < 4.78 is 0. The molecule has 1 heterocycles. The lowest BCUT2D eigenvalue weighted by atomic mass is 10.0. The Morgan fingerprint density at radius 2 is 2.38 bits per heavy atom. The van der Waals surface area contributed by atoms with Gasteiger partial charge in [-0.05, 0) is 18.1 Å².